The lowest BCUT2D eigenvalue weighted by Crippen LogP contribution is -1.96. The molecule has 130 valence electrons. The molecule has 3 rings (SSSR count). The molecule has 0 atom stereocenters. The third kappa shape index (κ3) is 3.10. The van der Waals surface area contributed by atoms with Crippen molar-refractivity contribution in [2.45, 2.75) is 0 Å². The molecule has 2 aromatic carbocycles. The van der Waals surface area contributed by atoms with E-state index in [1.807, 2.05) is 36.4 Å². The van der Waals surface area contributed by atoms with Crippen molar-refractivity contribution in [2.75, 3.05) is 28.4 Å². The summed E-state index contributed by atoms with van der Waals surface area (Å²) in [5.41, 5.74) is 3.75. The lowest BCUT2D eigenvalue weighted by atomic mass is 10.0. The van der Waals surface area contributed by atoms with E-state index in [4.69, 9.17) is 18.9 Å². The zero-order chi connectivity index (χ0) is 17.8. The van der Waals surface area contributed by atoms with Crippen molar-refractivity contribution < 1.29 is 18.9 Å². The molecule has 6 heteroatoms. The average Bonchev–Trinajstić information content (AvgIpc) is 3.16. The van der Waals surface area contributed by atoms with Gasteiger partial charge in [-0.05, 0) is 29.8 Å². The van der Waals surface area contributed by atoms with E-state index in [1.165, 1.54) is 0 Å². The fraction of sp³-hybridized carbons (Fsp3) is 0.211. The highest BCUT2D eigenvalue weighted by Crippen LogP contribution is 2.42. The topological polar surface area (TPSA) is 65.6 Å². The van der Waals surface area contributed by atoms with Gasteiger partial charge in [-0.2, -0.15) is 5.10 Å². The molecule has 3 aromatic rings. The van der Waals surface area contributed by atoms with Crippen LogP contribution in [-0.2, 0) is 0 Å². The molecule has 0 aliphatic carbocycles. The quantitative estimate of drug-likeness (QED) is 0.740. The Kier molecular flexibility index (Phi) is 4.79. The normalized spacial score (nSPS) is 10.4. The minimum atomic E-state index is 0.555. The van der Waals surface area contributed by atoms with E-state index in [-0.39, 0.29) is 0 Å². The van der Waals surface area contributed by atoms with Crippen molar-refractivity contribution in [3.05, 3.63) is 42.6 Å². The van der Waals surface area contributed by atoms with Gasteiger partial charge < -0.3 is 18.9 Å². The highest BCUT2D eigenvalue weighted by molar-refractivity contribution is 5.82. The molecule has 0 saturated heterocycles. The van der Waals surface area contributed by atoms with E-state index in [2.05, 4.69) is 10.2 Å². The molecule has 1 N–H and O–H groups in total. The predicted octanol–water partition coefficient (Wildman–Crippen LogP) is 3.78. The maximum absolute atomic E-state index is 5.44. The van der Waals surface area contributed by atoms with Gasteiger partial charge in [0.2, 0.25) is 5.75 Å². The first-order chi connectivity index (χ1) is 12.2. The molecule has 25 heavy (non-hydrogen) atoms. The second kappa shape index (κ2) is 7.17. The van der Waals surface area contributed by atoms with Crippen molar-refractivity contribution in [1.29, 1.82) is 0 Å². The van der Waals surface area contributed by atoms with Gasteiger partial charge in [0, 0.05) is 11.1 Å². The van der Waals surface area contributed by atoms with Crippen molar-refractivity contribution in [2.24, 2.45) is 0 Å². The smallest absolute Gasteiger partial charge is 0.203 e. The minimum absolute atomic E-state index is 0.555. The predicted molar refractivity (Wildman–Crippen MR) is 95.7 cm³/mol. The summed E-state index contributed by atoms with van der Waals surface area (Å²) in [5.74, 6) is 2.54. The van der Waals surface area contributed by atoms with E-state index in [0.717, 1.165) is 28.1 Å². The summed E-state index contributed by atoms with van der Waals surface area (Å²) < 4.78 is 21.5. The van der Waals surface area contributed by atoms with Crippen molar-refractivity contribution in [1.82, 2.24) is 10.2 Å². The van der Waals surface area contributed by atoms with Crippen molar-refractivity contribution in [3.63, 3.8) is 0 Å². The Bertz CT molecular complexity index is 831. The lowest BCUT2D eigenvalue weighted by Gasteiger charge is -2.14. The van der Waals surface area contributed by atoms with E-state index in [0.29, 0.717) is 17.2 Å². The van der Waals surface area contributed by atoms with Gasteiger partial charge in [-0.25, -0.2) is 0 Å². The Morgan fingerprint density at radius 1 is 0.760 bits per heavy atom. The highest BCUT2D eigenvalue weighted by Gasteiger charge is 2.17. The number of aromatic amines is 1. The van der Waals surface area contributed by atoms with Crippen LogP contribution in [0.1, 0.15) is 0 Å². The van der Waals surface area contributed by atoms with Crippen molar-refractivity contribution in [3.8, 4) is 45.4 Å². The number of methoxy groups -OCH3 is 4. The summed E-state index contributed by atoms with van der Waals surface area (Å²) in [4.78, 5) is 0. The van der Waals surface area contributed by atoms with Gasteiger partial charge in [0.1, 0.15) is 5.75 Å². The lowest BCUT2D eigenvalue weighted by molar-refractivity contribution is 0.324. The highest BCUT2D eigenvalue weighted by atomic mass is 16.5. The fourth-order valence-corrected chi connectivity index (χ4v) is 2.72. The monoisotopic (exact) mass is 340 g/mol. The summed E-state index contributed by atoms with van der Waals surface area (Å²) in [6, 6.07) is 11.6. The maximum atomic E-state index is 5.44. The van der Waals surface area contributed by atoms with Gasteiger partial charge in [-0.1, -0.05) is 12.1 Å². The molecular weight excluding hydrogens is 320 g/mol. The zero-order valence-electron chi connectivity index (χ0n) is 14.6. The molecule has 0 bridgehead atoms. The number of hydrogen-bond acceptors (Lipinski definition) is 5. The Labute approximate surface area is 146 Å². The van der Waals surface area contributed by atoms with Gasteiger partial charge in [-0.3, -0.25) is 5.10 Å². The third-order valence-corrected chi connectivity index (χ3v) is 3.99. The van der Waals surface area contributed by atoms with E-state index in [1.54, 1.807) is 34.6 Å². The summed E-state index contributed by atoms with van der Waals surface area (Å²) >= 11 is 0. The molecule has 1 heterocycles. The van der Waals surface area contributed by atoms with Gasteiger partial charge in [0.15, 0.2) is 11.5 Å². The Morgan fingerprint density at radius 2 is 1.40 bits per heavy atom. The maximum Gasteiger partial charge on any atom is 0.203 e. The van der Waals surface area contributed by atoms with Crippen LogP contribution >= 0.6 is 0 Å². The van der Waals surface area contributed by atoms with E-state index in [9.17, 15) is 0 Å². The van der Waals surface area contributed by atoms with Gasteiger partial charge >= 0.3 is 0 Å². The van der Waals surface area contributed by atoms with Gasteiger partial charge in [0.25, 0.3) is 0 Å². The van der Waals surface area contributed by atoms with Gasteiger partial charge in [-0.15, -0.1) is 0 Å². The van der Waals surface area contributed by atoms with Crippen LogP contribution in [0.5, 0.6) is 23.0 Å². The van der Waals surface area contributed by atoms with Crippen LogP contribution in [0.15, 0.2) is 42.6 Å². The summed E-state index contributed by atoms with van der Waals surface area (Å²) in [5, 5.41) is 7.26. The van der Waals surface area contributed by atoms with E-state index < -0.39 is 0 Å². The fourth-order valence-electron chi connectivity index (χ4n) is 2.72. The summed E-state index contributed by atoms with van der Waals surface area (Å²) in [6.45, 7) is 0. The van der Waals surface area contributed by atoms with Crippen LogP contribution in [-0.4, -0.2) is 38.6 Å². The first-order valence-corrected chi connectivity index (χ1v) is 7.70. The molecule has 0 radical (unpaired) electrons. The molecule has 0 saturated carbocycles. The van der Waals surface area contributed by atoms with Crippen LogP contribution in [0.3, 0.4) is 0 Å². The number of aromatic nitrogens is 2. The minimum Gasteiger partial charge on any atom is -0.497 e. The molecule has 6 nitrogen and oxygen atoms in total. The largest absolute Gasteiger partial charge is 0.497 e. The van der Waals surface area contributed by atoms with Crippen LogP contribution in [0.25, 0.3) is 22.4 Å². The third-order valence-electron chi connectivity index (χ3n) is 3.99. The van der Waals surface area contributed by atoms with Crippen molar-refractivity contribution >= 4 is 0 Å². The molecule has 0 aliphatic rings. The number of benzene rings is 2. The summed E-state index contributed by atoms with van der Waals surface area (Å²) in [6.07, 6.45) is 1.79. The number of rotatable bonds is 6. The van der Waals surface area contributed by atoms with Crippen LogP contribution in [0, 0.1) is 0 Å². The number of H-pyrrole nitrogens is 1. The standard InChI is InChI=1S/C19H20N2O4/c1-22-14-7-5-12(6-8-14)15-11-20-21-18(15)13-9-16(23-2)19(25-4)17(10-13)24-3/h5-11H,1-4H3,(H,20,21). The SMILES string of the molecule is COc1ccc(-c2cn[nH]c2-c2cc(OC)c(OC)c(OC)c2)cc1. The number of nitrogens with one attached hydrogen (secondary N) is 1. The first kappa shape index (κ1) is 16.7. The second-order valence-electron chi connectivity index (χ2n) is 5.30. The molecule has 0 fully saturated rings. The molecule has 0 aliphatic heterocycles. The Hall–Kier alpha value is -3.15. The first-order valence-electron chi connectivity index (χ1n) is 7.70. The van der Waals surface area contributed by atoms with Gasteiger partial charge in [0.05, 0.1) is 40.3 Å². The number of hydrogen-bond donors (Lipinski definition) is 1. The molecule has 0 spiro atoms. The Balaban J connectivity index is 2.10. The molecule has 1 aromatic heterocycles. The number of nitrogens with zero attached hydrogens (tertiary/aromatic N) is 1. The van der Waals surface area contributed by atoms with Crippen LogP contribution < -0.4 is 18.9 Å². The molecule has 0 unspecified atom stereocenters. The molecule has 0 amide bonds. The summed E-state index contributed by atoms with van der Waals surface area (Å²) in [7, 11) is 6.42. The number of ether oxygens (including phenoxy) is 4. The Morgan fingerprint density at radius 3 is 1.92 bits per heavy atom. The van der Waals surface area contributed by atoms with Crippen LogP contribution in [0.4, 0.5) is 0 Å². The average molecular weight is 340 g/mol. The zero-order valence-corrected chi connectivity index (χ0v) is 14.6. The second-order valence-corrected chi connectivity index (χ2v) is 5.30. The molecular formula is C19H20N2O4. The van der Waals surface area contributed by atoms with Crippen LogP contribution in [0.2, 0.25) is 0 Å². The van der Waals surface area contributed by atoms with E-state index >= 15 is 0 Å².